The summed E-state index contributed by atoms with van der Waals surface area (Å²) in [5.74, 6) is 1.38. The molecule has 180 valence electrons. The number of hydrogen-bond donors (Lipinski definition) is 3. The lowest BCUT2D eigenvalue weighted by Crippen LogP contribution is -2.21. The zero-order valence-electron chi connectivity index (χ0n) is 19.6. The van der Waals surface area contributed by atoms with Crippen LogP contribution in [0.3, 0.4) is 0 Å². The van der Waals surface area contributed by atoms with E-state index in [9.17, 15) is 4.79 Å². The minimum Gasteiger partial charge on any atom is -0.369 e. The van der Waals surface area contributed by atoms with E-state index in [1.807, 2.05) is 24.3 Å². The number of nitrogens with zero attached hydrogens (tertiary/aromatic N) is 5. The molecule has 0 aliphatic heterocycles. The zero-order valence-corrected chi connectivity index (χ0v) is 20.6. The predicted octanol–water partition coefficient (Wildman–Crippen LogP) is 3.12. The molecule has 1 amide bonds. The molecule has 3 heterocycles. The summed E-state index contributed by atoms with van der Waals surface area (Å²) in [6.07, 6.45) is 8.56. The van der Waals surface area contributed by atoms with Gasteiger partial charge in [0, 0.05) is 55.1 Å². The number of amides is 1. The Balaban J connectivity index is 0.00000289. The standard InChI is InChI=1S/C25H26N8O.H2S/c1-15(17-4-3-5-18-19(23(34)27-2)6-9-28-22(17)18)11-29-21-10-20(32-14-33-21)16-12-30-24(31-13-16)25(26)7-8-25;/h3-6,9-10,12-15H,7-8,11,26H2,1-2H3,(H,27,34)(H,29,32,33);1H2/t15-;/m1./s1. The summed E-state index contributed by atoms with van der Waals surface area (Å²) in [5.41, 5.74) is 9.87. The molecule has 35 heavy (non-hydrogen) atoms. The molecule has 4 N–H and O–H groups in total. The highest BCUT2D eigenvalue weighted by atomic mass is 32.1. The highest BCUT2D eigenvalue weighted by Gasteiger charge is 2.42. The minimum absolute atomic E-state index is 0. The lowest BCUT2D eigenvalue weighted by atomic mass is 9.96. The van der Waals surface area contributed by atoms with E-state index in [1.54, 1.807) is 31.7 Å². The highest BCUT2D eigenvalue weighted by Crippen LogP contribution is 2.40. The first-order valence-corrected chi connectivity index (χ1v) is 11.3. The van der Waals surface area contributed by atoms with Gasteiger partial charge in [0.25, 0.3) is 5.91 Å². The van der Waals surface area contributed by atoms with Gasteiger partial charge in [0.2, 0.25) is 0 Å². The molecule has 1 atom stereocenters. The Bertz CT molecular complexity index is 1360. The van der Waals surface area contributed by atoms with Gasteiger partial charge in [-0.1, -0.05) is 25.1 Å². The van der Waals surface area contributed by atoms with Gasteiger partial charge in [0.05, 0.1) is 22.3 Å². The number of carbonyl (C=O) groups is 1. The van der Waals surface area contributed by atoms with Gasteiger partial charge in [-0.15, -0.1) is 0 Å². The molecule has 5 rings (SSSR count). The van der Waals surface area contributed by atoms with Crippen LogP contribution in [0.2, 0.25) is 0 Å². The van der Waals surface area contributed by atoms with Gasteiger partial charge in [-0.3, -0.25) is 9.78 Å². The van der Waals surface area contributed by atoms with E-state index in [-0.39, 0.29) is 30.9 Å². The molecule has 1 aromatic carbocycles. The van der Waals surface area contributed by atoms with Gasteiger partial charge in [-0.25, -0.2) is 19.9 Å². The maximum absolute atomic E-state index is 12.3. The molecule has 0 saturated heterocycles. The average molecular weight is 489 g/mol. The first-order chi connectivity index (χ1) is 16.5. The summed E-state index contributed by atoms with van der Waals surface area (Å²) in [6, 6.07) is 9.55. The van der Waals surface area contributed by atoms with Gasteiger partial charge >= 0.3 is 0 Å². The number of para-hydroxylation sites is 1. The molecule has 0 unspecified atom stereocenters. The number of aromatic nitrogens is 5. The Morgan fingerprint density at radius 3 is 2.60 bits per heavy atom. The molecule has 0 radical (unpaired) electrons. The second kappa shape index (κ2) is 9.93. The highest BCUT2D eigenvalue weighted by molar-refractivity contribution is 7.59. The molecule has 1 aliphatic rings. The van der Waals surface area contributed by atoms with Crippen molar-refractivity contribution in [2.24, 2.45) is 5.73 Å². The zero-order chi connectivity index (χ0) is 23.7. The van der Waals surface area contributed by atoms with Crippen molar-refractivity contribution in [2.45, 2.75) is 31.2 Å². The van der Waals surface area contributed by atoms with E-state index in [2.05, 4.69) is 42.5 Å². The molecule has 4 aromatic rings. The lowest BCUT2D eigenvalue weighted by Gasteiger charge is -2.16. The van der Waals surface area contributed by atoms with E-state index < -0.39 is 0 Å². The van der Waals surface area contributed by atoms with Crippen LogP contribution in [0.5, 0.6) is 0 Å². The molecule has 0 bridgehead atoms. The quantitative estimate of drug-likeness (QED) is 0.362. The van der Waals surface area contributed by atoms with Crippen LogP contribution in [0.1, 0.15) is 47.4 Å². The summed E-state index contributed by atoms with van der Waals surface area (Å²) in [6.45, 7) is 2.75. The summed E-state index contributed by atoms with van der Waals surface area (Å²) in [5, 5.41) is 6.92. The van der Waals surface area contributed by atoms with Crippen LogP contribution in [0.15, 0.2) is 55.2 Å². The normalized spacial score (nSPS) is 14.6. The molecule has 10 heteroatoms. The van der Waals surface area contributed by atoms with E-state index in [0.717, 1.165) is 40.6 Å². The maximum Gasteiger partial charge on any atom is 0.251 e. The van der Waals surface area contributed by atoms with Crippen molar-refractivity contribution in [1.29, 1.82) is 0 Å². The molecule has 0 spiro atoms. The summed E-state index contributed by atoms with van der Waals surface area (Å²) < 4.78 is 0. The molecule has 3 aromatic heterocycles. The summed E-state index contributed by atoms with van der Waals surface area (Å²) in [4.78, 5) is 34.4. The third kappa shape index (κ3) is 4.94. The topological polar surface area (TPSA) is 132 Å². The number of benzene rings is 1. The number of nitrogens with one attached hydrogen (secondary N) is 2. The Hall–Kier alpha value is -3.63. The largest absolute Gasteiger partial charge is 0.369 e. The number of anilines is 1. The van der Waals surface area contributed by atoms with Crippen molar-refractivity contribution < 1.29 is 4.79 Å². The van der Waals surface area contributed by atoms with Crippen LogP contribution in [-0.4, -0.2) is 44.4 Å². The Labute approximate surface area is 210 Å². The minimum atomic E-state index is -0.357. The van der Waals surface area contributed by atoms with E-state index in [4.69, 9.17) is 5.73 Å². The van der Waals surface area contributed by atoms with Gasteiger partial charge in [-0.05, 0) is 24.5 Å². The number of carbonyl (C=O) groups excluding carboxylic acids is 1. The second-order valence-electron chi connectivity index (χ2n) is 8.70. The van der Waals surface area contributed by atoms with Crippen LogP contribution in [-0.2, 0) is 5.54 Å². The molecule has 1 fully saturated rings. The lowest BCUT2D eigenvalue weighted by molar-refractivity contribution is 0.0964. The molecular formula is C25H28N8OS. The van der Waals surface area contributed by atoms with Gasteiger partial charge in [0.15, 0.2) is 0 Å². The van der Waals surface area contributed by atoms with E-state index in [1.165, 1.54) is 6.33 Å². The van der Waals surface area contributed by atoms with Gasteiger partial charge in [-0.2, -0.15) is 13.5 Å². The number of rotatable bonds is 7. The fourth-order valence-electron chi connectivity index (χ4n) is 3.98. The van der Waals surface area contributed by atoms with Crippen molar-refractivity contribution in [3.8, 4) is 11.3 Å². The Morgan fingerprint density at radius 1 is 1.11 bits per heavy atom. The maximum atomic E-state index is 12.3. The van der Waals surface area contributed by atoms with Crippen molar-refractivity contribution in [1.82, 2.24) is 30.2 Å². The van der Waals surface area contributed by atoms with Crippen LogP contribution < -0.4 is 16.4 Å². The third-order valence-electron chi connectivity index (χ3n) is 6.24. The first-order valence-electron chi connectivity index (χ1n) is 11.3. The fourth-order valence-corrected chi connectivity index (χ4v) is 3.98. The van der Waals surface area contributed by atoms with Crippen molar-refractivity contribution in [2.75, 3.05) is 18.9 Å². The van der Waals surface area contributed by atoms with Crippen LogP contribution in [0, 0.1) is 0 Å². The van der Waals surface area contributed by atoms with Crippen molar-refractivity contribution in [3.63, 3.8) is 0 Å². The van der Waals surface area contributed by atoms with E-state index in [0.29, 0.717) is 23.8 Å². The number of nitrogens with two attached hydrogens (primary N) is 1. The fraction of sp³-hybridized carbons (Fsp3) is 0.280. The van der Waals surface area contributed by atoms with Gasteiger partial charge in [0.1, 0.15) is 18.0 Å². The molecule has 1 saturated carbocycles. The SMILES string of the molecule is CNC(=O)c1ccnc2c([C@H](C)CNc3cc(-c4cnc(C5(N)CC5)nc4)ncn3)cccc12.S. The number of fused-ring (bicyclic) bond motifs is 1. The monoisotopic (exact) mass is 488 g/mol. The number of hydrogen-bond acceptors (Lipinski definition) is 8. The van der Waals surface area contributed by atoms with Crippen molar-refractivity contribution >= 4 is 36.1 Å². The predicted molar refractivity (Wildman–Crippen MR) is 141 cm³/mol. The number of pyridine rings is 1. The van der Waals surface area contributed by atoms with Crippen LogP contribution >= 0.6 is 13.5 Å². The molecule has 9 nitrogen and oxygen atoms in total. The Kier molecular flexibility index (Phi) is 6.95. The smallest absolute Gasteiger partial charge is 0.251 e. The summed E-state index contributed by atoms with van der Waals surface area (Å²) in [7, 11) is 1.63. The Morgan fingerprint density at radius 2 is 1.89 bits per heavy atom. The molecule has 1 aliphatic carbocycles. The third-order valence-corrected chi connectivity index (χ3v) is 6.24. The van der Waals surface area contributed by atoms with Crippen LogP contribution in [0.25, 0.3) is 22.2 Å². The van der Waals surface area contributed by atoms with Crippen molar-refractivity contribution in [3.05, 3.63) is 72.2 Å². The first kappa shape index (κ1) is 24.5. The van der Waals surface area contributed by atoms with E-state index >= 15 is 0 Å². The second-order valence-corrected chi connectivity index (χ2v) is 8.70. The van der Waals surface area contributed by atoms with Gasteiger partial charge < -0.3 is 16.4 Å². The average Bonchev–Trinajstić information content (AvgIpc) is 3.64. The van der Waals surface area contributed by atoms with Crippen LogP contribution in [0.4, 0.5) is 5.82 Å². The molecular weight excluding hydrogens is 460 g/mol. The summed E-state index contributed by atoms with van der Waals surface area (Å²) >= 11 is 0.